The maximum Gasteiger partial charge on any atom is 0.263 e. The highest BCUT2D eigenvalue weighted by molar-refractivity contribution is 7.19. The first kappa shape index (κ1) is 18.5. The smallest absolute Gasteiger partial charge is 0.263 e. The summed E-state index contributed by atoms with van der Waals surface area (Å²) >= 11 is 20.2. The van der Waals surface area contributed by atoms with Crippen molar-refractivity contribution in [2.45, 2.75) is 13.5 Å². The van der Waals surface area contributed by atoms with E-state index in [4.69, 9.17) is 34.8 Å². The van der Waals surface area contributed by atoms with E-state index < -0.39 is 0 Å². The molecule has 0 aliphatic heterocycles. The first-order valence-corrected chi connectivity index (χ1v) is 10.1. The molecule has 0 fully saturated rings. The van der Waals surface area contributed by atoms with Crippen molar-refractivity contribution >= 4 is 56.4 Å². The van der Waals surface area contributed by atoms with Gasteiger partial charge in [-0.15, -0.1) is 11.3 Å². The molecule has 0 spiro atoms. The Morgan fingerprint density at radius 1 is 1.04 bits per heavy atom. The third kappa shape index (κ3) is 3.27. The summed E-state index contributed by atoms with van der Waals surface area (Å²) in [6, 6.07) is 13.2. The Morgan fingerprint density at radius 2 is 1.74 bits per heavy atom. The molecule has 0 amide bonds. The summed E-state index contributed by atoms with van der Waals surface area (Å²) in [4.78, 5) is 19.5. The Kier molecular flexibility index (Phi) is 4.99. The molecule has 0 bridgehead atoms. The lowest BCUT2D eigenvalue weighted by Crippen LogP contribution is -2.21. The molecule has 2 aromatic carbocycles. The van der Waals surface area contributed by atoms with Gasteiger partial charge in [0.05, 0.1) is 28.3 Å². The van der Waals surface area contributed by atoms with Crippen molar-refractivity contribution in [1.29, 1.82) is 0 Å². The highest BCUT2D eigenvalue weighted by Crippen LogP contribution is 2.36. The van der Waals surface area contributed by atoms with Crippen LogP contribution in [0.2, 0.25) is 15.1 Å². The third-order valence-electron chi connectivity index (χ3n) is 4.38. The minimum atomic E-state index is -0.129. The number of aromatic nitrogens is 2. The van der Waals surface area contributed by atoms with Gasteiger partial charge in [0.15, 0.2) is 0 Å². The fraction of sp³-hybridized carbons (Fsp3) is 0.100. The second-order valence-corrected chi connectivity index (χ2v) is 8.47. The predicted molar refractivity (Wildman–Crippen MR) is 115 cm³/mol. The average molecular weight is 436 g/mol. The van der Waals surface area contributed by atoms with Gasteiger partial charge in [0, 0.05) is 21.0 Å². The minimum absolute atomic E-state index is 0.129. The van der Waals surface area contributed by atoms with Gasteiger partial charge in [0.25, 0.3) is 5.56 Å². The molecule has 0 saturated carbocycles. The zero-order valence-corrected chi connectivity index (χ0v) is 17.3. The Bertz CT molecular complexity index is 1220. The lowest BCUT2D eigenvalue weighted by molar-refractivity contribution is 0.750. The van der Waals surface area contributed by atoms with E-state index in [0.717, 1.165) is 20.8 Å². The van der Waals surface area contributed by atoms with E-state index in [-0.39, 0.29) is 12.1 Å². The maximum atomic E-state index is 13.3. The lowest BCUT2D eigenvalue weighted by atomic mass is 10.0. The molecular weight excluding hydrogens is 423 g/mol. The number of benzene rings is 2. The summed E-state index contributed by atoms with van der Waals surface area (Å²) < 4.78 is 1.52. The molecule has 0 aliphatic rings. The normalized spacial score (nSPS) is 11.3. The molecule has 0 radical (unpaired) electrons. The largest absolute Gasteiger partial charge is 0.294 e. The number of aryl methyl sites for hydroxylation is 1. The number of rotatable bonds is 3. The van der Waals surface area contributed by atoms with E-state index in [1.807, 2.05) is 37.3 Å². The molecule has 136 valence electrons. The summed E-state index contributed by atoms with van der Waals surface area (Å²) in [5.41, 5.74) is 2.39. The maximum absolute atomic E-state index is 13.3. The number of nitrogens with zero attached hydrogens (tertiary/aromatic N) is 2. The molecule has 0 unspecified atom stereocenters. The molecule has 3 nitrogen and oxygen atoms in total. The quantitative estimate of drug-likeness (QED) is 0.347. The summed E-state index contributed by atoms with van der Waals surface area (Å²) in [5, 5.41) is 1.82. The molecule has 0 saturated heterocycles. The van der Waals surface area contributed by atoms with Crippen molar-refractivity contribution in [3.05, 3.63) is 84.7 Å². The van der Waals surface area contributed by atoms with Crippen LogP contribution in [-0.2, 0) is 6.54 Å². The second-order valence-electron chi connectivity index (χ2n) is 6.08. The molecule has 2 aromatic heterocycles. The highest BCUT2D eigenvalue weighted by Gasteiger charge is 2.18. The van der Waals surface area contributed by atoms with Crippen molar-refractivity contribution in [2.24, 2.45) is 0 Å². The molecule has 2 heterocycles. The van der Waals surface area contributed by atoms with Crippen LogP contribution in [0.3, 0.4) is 0 Å². The summed E-state index contributed by atoms with van der Waals surface area (Å²) in [7, 11) is 0. The molecule has 0 atom stereocenters. The Hall–Kier alpha value is -1.85. The minimum Gasteiger partial charge on any atom is -0.294 e. The van der Waals surface area contributed by atoms with Crippen molar-refractivity contribution in [2.75, 3.05) is 0 Å². The average Bonchev–Trinajstić information content (AvgIpc) is 3.01. The predicted octanol–water partition coefficient (Wildman–Crippen LogP) is 6.44. The number of hydrogen-bond donors (Lipinski definition) is 0. The van der Waals surface area contributed by atoms with Crippen molar-refractivity contribution < 1.29 is 0 Å². The zero-order chi connectivity index (χ0) is 19.1. The van der Waals surface area contributed by atoms with Crippen LogP contribution in [0.25, 0.3) is 21.3 Å². The van der Waals surface area contributed by atoms with Gasteiger partial charge in [-0.05, 0) is 24.6 Å². The molecule has 4 aromatic rings. The Labute approximate surface area is 174 Å². The molecule has 0 aliphatic carbocycles. The van der Waals surface area contributed by atoms with Crippen LogP contribution in [0.15, 0.2) is 53.6 Å². The molecule has 0 N–H and O–H groups in total. The van der Waals surface area contributed by atoms with E-state index >= 15 is 0 Å². The first-order chi connectivity index (χ1) is 13.0. The van der Waals surface area contributed by atoms with Gasteiger partial charge < -0.3 is 0 Å². The van der Waals surface area contributed by atoms with Gasteiger partial charge in [-0.25, -0.2) is 4.98 Å². The van der Waals surface area contributed by atoms with Gasteiger partial charge in [-0.3, -0.25) is 9.36 Å². The van der Waals surface area contributed by atoms with Crippen LogP contribution in [0, 0.1) is 6.92 Å². The van der Waals surface area contributed by atoms with Crippen LogP contribution < -0.4 is 5.56 Å². The topological polar surface area (TPSA) is 34.9 Å². The van der Waals surface area contributed by atoms with Gasteiger partial charge in [0.1, 0.15) is 4.83 Å². The fourth-order valence-electron chi connectivity index (χ4n) is 3.09. The summed E-state index contributed by atoms with van der Waals surface area (Å²) in [6.45, 7) is 2.20. The molecule has 7 heteroatoms. The SMILES string of the molecule is Cc1sc2ncn(Cc3c(Cl)ccc(Cl)c3Cl)c(=O)c2c1-c1ccccc1. The second kappa shape index (κ2) is 7.28. The van der Waals surface area contributed by atoms with E-state index in [2.05, 4.69) is 4.98 Å². The van der Waals surface area contributed by atoms with E-state index in [0.29, 0.717) is 26.0 Å². The van der Waals surface area contributed by atoms with Crippen LogP contribution in [0.5, 0.6) is 0 Å². The number of fused-ring (bicyclic) bond motifs is 1. The van der Waals surface area contributed by atoms with E-state index in [1.54, 1.807) is 12.1 Å². The molecular formula is C20H13Cl3N2OS. The van der Waals surface area contributed by atoms with Crippen LogP contribution in [0.4, 0.5) is 0 Å². The fourth-order valence-corrected chi connectivity index (χ4v) is 4.76. The third-order valence-corrected chi connectivity index (χ3v) is 6.60. The monoisotopic (exact) mass is 434 g/mol. The van der Waals surface area contributed by atoms with Gasteiger partial charge in [0.2, 0.25) is 0 Å². The highest BCUT2D eigenvalue weighted by atomic mass is 35.5. The van der Waals surface area contributed by atoms with Gasteiger partial charge in [-0.1, -0.05) is 65.1 Å². The van der Waals surface area contributed by atoms with Crippen LogP contribution in [-0.4, -0.2) is 9.55 Å². The van der Waals surface area contributed by atoms with Crippen molar-refractivity contribution in [3.63, 3.8) is 0 Å². The van der Waals surface area contributed by atoms with Gasteiger partial charge >= 0.3 is 0 Å². The van der Waals surface area contributed by atoms with E-state index in [1.165, 1.54) is 22.2 Å². The van der Waals surface area contributed by atoms with E-state index in [9.17, 15) is 4.79 Å². The van der Waals surface area contributed by atoms with Crippen molar-refractivity contribution in [3.8, 4) is 11.1 Å². The van der Waals surface area contributed by atoms with Crippen LogP contribution >= 0.6 is 46.1 Å². The summed E-state index contributed by atoms with van der Waals surface area (Å²) in [6.07, 6.45) is 1.53. The number of thiophene rings is 1. The van der Waals surface area contributed by atoms with Gasteiger partial charge in [-0.2, -0.15) is 0 Å². The lowest BCUT2D eigenvalue weighted by Gasteiger charge is -2.11. The zero-order valence-electron chi connectivity index (χ0n) is 14.2. The number of hydrogen-bond acceptors (Lipinski definition) is 3. The molecule has 27 heavy (non-hydrogen) atoms. The molecule has 4 rings (SSSR count). The number of halogens is 3. The Morgan fingerprint density at radius 3 is 2.48 bits per heavy atom. The van der Waals surface area contributed by atoms with Crippen LogP contribution in [0.1, 0.15) is 10.4 Å². The van der Waals surface area contributed by atoms with Crippen molar-refractivity contribution in [1.82, 2.24) is 9.55 Å². The first-order valence-electron chi connectivity index (χ1n) is 8.13. The Balaban J connectivity index is 1.91. The summed E-state index contributed by atoms with van der Waals surface area (Å²) in [5.74, 6) is 0. The standard InChI is InChI=1S/C20H13Cl3N2OS/c1-11-16(12-5-3-2-4-6-12)17-19(27-11)24-10-25(20(17)26)9-13-14(21)7-8-15(22)18(13)23/h2-8,10H,9H2,1H3.